The Hall–Kier alpha value is -4.46. The fourth-order valence-corrected chi connectivity index (χ4v) is 4.30. The monoisotopic (exact) mass is 501 g/mol. The molecule has 1 heterocycles. The molecule has 0 fully saturated rings. The van der Waals surface area contributed by atoms with Gasteiger partial charge in [0.05, 0.1) is 14.2 Å². The van der Waals surface area contributed by atoms with E-state index in [9.17, 15) is 14.4 Å². The molecule has 37 heavy (non-hydrogen) atoms. The Morgan fingerprint density at radius 2 is 1.51 bits per heavy atom. The molecule has 0 radical (unpaired) electrons. The molecule has 1 atom stereocenters. The fourth-order valence-electron chi connectivity index (χ4n) is 4.30. The average molecular weight is 502 g/mol. The molecule has 0 aliphatic rings. The third-order valence-corrected chi connectivity index (χ3v) is 6.01. The minimum absolute atomic E-state index is 0.113. The van der Waals surface area contributed by atoms with Crippen LogP contribution < -0.4 is 19.8 Å². The quantitative estimate of drug-likeness (QED) is 0.151. The highest BCUT2D eigenvalue weighted by atomic mass is 16.5. The molecule has 0 spiro atoms. The van der Waals surface area contributed by atoms with Gasteiger partial charge >= 0.3 is 11.6 Å². The van der Waals surface area contributed by atoms with E-state index in [4.69, 9.17) is 18.6 Å². The minimum Gasteiger partial charge on any atom is -0.493 e. The predicted molar refractivity (Wildman–Crippen MR) is 138 cm³/mol. The number of esters is 1. The highest BCUT2D eigenvalue weighted by molar-refractivity contribution is 6.13. The molecule has 0 aliphatic heterocycles. The molecule has 0 aliphatic carbocycles. The van der Waals surface area contributed by atoms with Crippen LogP contribution in [0.5, 0.6) is 17.2 Å². The molecular formula is C29H27NO7. The smallest absolute Gasteiger partial charge is 0.359 e. The van der Waals surface area contributed by atoms with Crippen LogP contribution in [0.4, 0.5) is 0 Å². The van der Waals surface area contributed by atoms with Gasteiger partial charge in [0.15, 0.2) is 28.8 Å². The number of carbonyl (C=O) groups excluding carboxylic acids is 2. The number of Topliss-reactive ketones (excluding diaryl/α,β-unsaturated/α-hetero) is 1. The number of aromatic nitrogens is 1. The van der Waals surface area contributed by atoms with E-state index in [1.165, 1.54) is 26.4 Å². The number of ether oxygens (including phenoxy) is 3. The largest absolute Gasteiger partial charge is 0.493 e. The summed E-state index contributed by atoms with van der Waals surface area (Å²) < 4.78 is 21.8. The Balaban J connectivity index is 1.87. The van der Waals surface area contributed by atoms with Gasteiger partial charge in [-0.2, -0.15) is 0 Å². The van der Waals surface area contributed by atoms with Crippen LogP contribution in [-0.4, -0.2) is 31.0 Å². The third kappa shape index (κ3) is 5.09. The molecule has 4 rings (SSSR count). The average Bonchev–Trinajstić information content (AvgIpc) is 2.86. The maximum absolute atomic E-state index is 13.8. The van der Waals surface area contributed by atoms with Gasteiger partial charge in [-0.3, -0.25) is 9.59 Å². The molecule has 0 N–H and O–H groups in total. The minimum atomic E-state index is -1.68. The van der Waals surface area contributed by atoms with Gasteiger partial charge in [-0.1, -0.05) is 23.8 Å². The molecule has 1 aromatic heterocycles. The topological polar surface area (TPSA) is 105 Å². The van der Waals surface area contributed by atoms with E-state index in [0.29, 0.717) is 22.8 Å². The van der Waals surface area contributed by atoms with Crippen molar-refractivity contribution in [1.82, 2.24) is 4.98 Å². The van der Waals surface area contributed by atoms with Gasteiger partial charge in [0.1, 0.15) is 17.0 Å². The number of rotatable bonds is 7. The number of benzene rings is 3. The number of fused-ring (bicyclic) bond motifs is 1. The number of ketones is 1. The van der Waals surface area contributed by atoms with E-state index >= 15 is 0 Å². The highest BCUT2D eigenvalue weighted by Gasteiger charge is 2.37. The van der Waals surface area contributed by atoms with E-state index in [-0.39, 0.29) is 16.8 Å². The van der Waals surface area contributed by atoms with Gasteiger partial charge < -0.3 is 18.6 Å². The first-order chi connectivity index (χ1) is 17.6. The lowest BCUT2D eigenvalue weighted by Gasteiger charge is -2.17. The van der Waals surface area contributed by atoms with Crippen LogP contribution >= 0.6 is 0 Å². The van der Waals surface area contributed by atoms with Crippen LogP contribution in [0, 0.1) is 27.7 Å². The van der Waals surface area contributed by atoms with Crippen molar-refractivity contribution in [3.63, 3.8) is 0 Å². The molecule has 4 aromatic rings. The van der Waals surface area contributed by atoms with Crippen molar-refractivity contribution in [2.45, 2.75) is 33.6 Å². The Morgan fingerprint density at radius 3 is 2.16 bits per heavy atom. The summed E-state index contributed by atoms with van der Waals surface area (Å²) in [6, 6.07) is 13.3. The standard InChI is InChI=1S/C29H27NO7/c1-15-7-9-21-20(13-15)30-25(29(33)36-21)24(26(31)19-8-10-22(34-5)23(14-19)35-6)28(32)37-27-17(3)11-16(2)12-18(27)4/h7-14,24H,1-6H3. The van der Waals surface area contributed by atoms with Gasteiger partial charge in [-0.15, -0.1) is 0 Å². The molecule has 3 aromatic carbocycles. The summed E-state index contributed by atoms with van der Waals surface area (Å²) in [6.45, 7) is 7.40. The lowest BCUT2D eigenvalue weighted by molar-refractivity contribution is -0.135. The van der Waals surface area contributed by atoms with Crippen LogP contribution in [-0.2, 0) is 4.79 Å². The van der Waals surface area contributed by atoms with Crippen molar-refractivity contribution >= 4 is 22.9 Å². The van der Waals surface area contributed by atoms with Crippen LogP contribution in [0.2, 0.25) is 0 Å². The molecule has 190 valence electrons. The van der Waals surface area contributed by atoms with Crippen LogP contribution in [0.1, 0.15) is 44.2 Å². The molecule has 1 unspecified atom stereocenters. The van der Waals surface area contributed by atoms with Crippen molar-refractivity contribution < 1.29 is 28.2 Å². The number of nitrogens with zero attached hydrogens (tertiary/aromatic N) is 1. The number of hydrogen-bond donors (Lipinski definition) is 0. The van der Waals surface area contributed by atoms with E-state index in [1.54, 1.807) is 38.1 Å². The summed E-state index contributed by atoms with van der Waals surface area (Å²) in [5, 5.41) is 0. The Labute approximate surface area is 213 Å². The maximum atomic E-state index is 13.8. The first kappa shape index (κ1) is 25.6. The summed E-state index contributed by atoms with van der Waals surface area (Å²) in [7, 11) is 2.90. The molecule has 8 heteroatoms. The van der Waals surface area contributed by atoms with Gasteiger partial charge in [-0.25, -0.2) is 9.78 Å². The Morgan fingerprint density at radius 1 is 0.838 bits per heavy atom. The predicted octanol–water partition coefficient (Wildman–Crippen LogP) is 5.01. The van der Waals surface area contributed by atoms with E-state index in [2.05, 4.69) is 4.98 Å². The lowest BCUT2D eigenvalue weighted by atomic mass is 9.94. The van der Waals surface area contributed by atoms with Crippen LogP contribution in [0.25, 0.3) is 11.1 Å². The summed E-state index contributed by atoms with van der Waals surface area (Å²) in [4.78, 5) is 44.9. The normalized spacial score (nSPS) is 11.7. The number of aryl methyl sites for hydroxylation is 4. The van der Waals surface area contributed by atoms with Crippen molar-refractivity contribution in [3.05, 3.63) is 92.5 Å². The zero-order valence-corrected chi connectivity index (χ0v) is 21.5. The molecule has 0 saturated heterocycles. The van der Waals surface area contributed by atoms with E-state index in [0.717, 1.165) is 22.3 Å². The molecule has 0 bridgehead atoms. The van der Waals surface area contributed by atoms with Crippen molar-refractivity contribution in [2.24, 2.45) is 0 Å². The van der Waals surface area contributed by atoms with Crippen molar-refractivity contribution in [1.29, 1.82) is 0 Å². The van der Waals surface area contributed by atoms with Crippen molar-refractivity contribution in [3.8, 4) is 17.2 Å². The SMILES string of the molecule is COc1ccc(C(=O)C(C(=O)Oc2c(C)cc(C)cc2C)c2nc3cc(C)ccc3oc2=O)cc1OC. The van der Waals surface area contributed by atoms with Gasteiger partial charge in [-0.05, 0) is 74.7 Å². The molecule has 0 amide bonds. The molecule has 8 nitrogen and oxygen atoms in total. The fraction of sp³-hybridized carbons (Fsp3) is 0.241. The zero-order valence-electron chi connectivity index (χ0n) is 21.5. The van der Waals surface area contributed by atoms with Gasteiger partial charge in [0.25, 0.3) is 0 Å². The van der Waals surface area contributed by atoms with Crippen LogP contribution in [0.15, 0.2) is 57.7 Å². The number of methoxy groups -OCH3 is 2. The summed E-state index contributed by atoms with van der Waals surface area (Å²) in [5.74, 6) is -2.30. The highest BCUT2D eigenvalue weighted by Crippen LogP contribution is 2.32. The van der Waals surface area contributed by atoms with E-state index in [1.807, 2.05) is 26.0 Å². The number of hydrogen-bond acceptors (Lipinski definition) is 8. The zero-order chi connectivity index (χ0) is 26.9. The third-order valence-electron chi connectivity index (χ3n) is 6.01. The molecular weight excluding hydrogens is 474 g/mol. The van der Waals surface area contributed by atoms with E-state index < -0.39 is 23.3 Å². The second-order valence-corrected chi connectivity index (χ2v) is 8.87. The second-order valence-electron chi connectivity index (χ2n) is 8.87. The second kappa shape index (κ2) is 10.3. The first-order valence-corrected chi connectivity index (χ1v) is 11.6. The van der Waals surface area contributed by atoms with Crippen molar-refractivity contribution in [2.75, 3.05) is 14.2 Å². The number of carbonyl (C=O) groups is 2. The van der Waals surface area contributed by atoms with Gasteiger partial charge in [0, 0.05) is 5.56 Å². The first-order valence-electron chi connectivity index (χ1n) is 11.6. The Kier molecular flexibility index (Phi) is 7.11. The summed E-state index contributed by atoms with van der Waals surface area (Å²) >= 11 is 0. The Bertz CT molecular complexity index is 1560. The summed E-state index contributed by atoms with van der Waals surface area (Å²) in [5.41, 5.74) is 2.76. The molecule has 0 saturated carbocycles. The van der Waals surface area contributed by atoms with Crippen LogP contribution in [0.3, 0.4) is 0 Å². The van der Waals surface area contributed by atoms with Gasteiger partial charge in [0.2, 0.25) is 0 Å². The summed E-state index contributed by atoms with van der Waals surface area (Å²) in [6.07, 6.45) is 0. The lowest BCUT2D eigenvalue weighted by Crippen LogP contribution is -2.32. The maximum Gasteiger partial charge on any atom is 0.359 e.